The molecule has 2 fully saturated rings. The van der Waals surface area contributed by atoms with Gasteiger partial charge in [-0.05, 0) is 70.9 Å². The van der Waals surface area contributed by atoms with Crippen molar-refractivity contribution in [3.63, 3.8) is 0 Å². The molecule has 3 rings (SSSR count). The topological polar surface area (TPSA) is 41.1 Å². The van der Waals surface area contributed by atoms with Gasteiger partial charge in [0.15, 0.2) is 0 Å². The van der Waals surface area contributed by atoms with Crippen LogP contribution in [0.2, 0.25) is 0 Å². The molecule has 0 spiro atoms. The van der Waals surface area contributed by atoms with Gasteiger partial charge in [0.25, 0.3) is 0 Å². The molecule has 1 saturated heterocycles. The first kappa shape index (κ1) is 16.5. The lowest BCUT2D eigenvalue weighted by molar-refractivity contribution is -0.123. The molecule has 2 N–H and O–H groups in total. The van der Waals surface area contributed by atoms with Crippen LogP contribution in [0.5, 0.6) is 0 Å². The van der Waals surface area contributed by atoms with E-state index >= 15 is 0 Å². The summed E-state index contributed by atoms with van der Waals surface area (Å²) in [7, 11) is 0. The second-order valence-corrected chi connectivity index (χ2v) is 8.81. The Morgan fingerprint density at radius 1 is 1.13 bits per heavy atom. The first-order chi connectivity index (χ1) is 10.7. The van der Waals surface area contributed by atoms with Crippen LogP contribution in [0.3, 0.4) is 0 Å². The fraction of sp³-hybridized carbons (Fsp3) is 0.650. The van der Waals surface area contributed by atoms with E-state index < -0.39 is 0 Å². The van der Waals surface area contributed by atoms with Crippen LogP contribution in [0.25, 0.3) is 0 Å². The summed E-state index contributed by atoms with van der Waals surface area (Å²) in [5.41, 5.74) is 2.78. The van der Waals surface area contributed by atoms with Gasteiger partial charge in [-0.15, -0.1) is 0 Å². The largest absolute Gasteiger partial charge is 0.353 e. The van der Waals surface area contributed by atoms with Crippen LogP contribution < -0.4 is 10.6 Å². The summed E-state index contributed by atoms with van der Waals surface area (Å²) in [5, 5.41) is 7.00. The normalized spacial score (nSPS) is 29.1. The van der Waals surface area contributed by atoms with Gasteiger partial charge in [-0.3, -0.25) is 4.79 Å². The van der Waals surface area contributed by atoms with Crippen LogP contribution in [0.4, 0.5) is 0 Å². The van der Waals surface area contributed by atoms with Crippen molar-refractivity contribution in [3.8, 4) is 0 Å². The van der Waals surface area contributed by atoms with E-state index in [0.29, 0.717) is 5.92 Å². The summed E-state index contributed by atoms with van der Waals surface area (Å²) in [6, 6.07) is 8.72. The van der Waals surface area contributed by atoms with Gasteiger partial charge < -0.3 is 10.6 Å². The Morgan fingerprint density at radius 3 is 2.35 bits per heavy atom. The second kappa shape index (κ2) is 5.62. The highest BCUT2D eigenvalue weighted by atomic mass is 16.2. The quantitative estimate of drug-likeness (QED) is 0.896. The van der Waals surface area contributed by atoms with Crippen LogP contribution in [-0.4, -0.2) is 23.0 Å². The highest BCUT2D eigenvalue weighted by Gasteiger charge is 2.46. The molecular formula is C20H30N2O. The molecule has 0 radical (unpaired) electrons. The van der Waals surface area contributed by atoms with E-state index in [0.717, 1.165) is 19.3 Å². The van der Waals surface area contributed by atoms with E-state index in [1.165, 1.54) is 11.1 Å². The monoisotopic (exact) mass is 314 g/mol. The first-order valence-electron chi connectivity index (χ1n) is 8.82. The summed E-state index contributed by atoms with van der Waals surface area (Å²) in [4.78, 5) is 12.7. The summed E-state index contributed by atoms with van der Waals surface area (Å²) in [5.74, 6) is 0.827. The van der Waals surface area contributed by atoms with Crippen LogP contribution in [0.15, 0.2) is 24.3 Å². The number of hydrogen-bond donors (Lipinski definition) is 2. The number of rotatable bonds is 3. The van der Waals surface area contributed by atoms with Crippen LogP contribution >= 0.6 is 0 Å². The summed E-state index contributed by atoms with van der Waals surface area (Å²) >= 11 is 0. The van der Waals surface area contributed by atoms with Crippen molar-refractivity contribution >= 4 is 5.91 Å². The average molecular weight is 314 g/mol. The minimum absolute atomic E-state index is 0.0681. The van der Waals surface area contributed by atoms with Crippen molar-refractivity contribution in [1.29, 1.82) is 0 Å². The smallest absolute Gasteiger partial charge is 0.223 e. The molecule has 0 aromatic heterocycles. The minimum Gasteiger partial charge on any atom is -0.353 e. The summed E-state index contributed by atoms with van der Waals surface area (Å²) in [6.45, 7) is 11.0. The SMILES string of the molecule is Cc1ccccc1[C@@H]1C[C@H]1C(=O)NC1CC(C)(C)NC(C)(C)C1. The van der Waals surface area contributed by atoms with Gasteiger partial charge >= 0.3 is 0 Å². The molecule has 3 heteroatoms. The van der Waals surface area contributed by atoms with Gasteiger partial charge in [-0.2, -0.15) is 0 Å². The second-order valence-electron chi connectivity index (χ2n) is 8.81. The molecule has 1 aromatic carbocycles. The van der Waals surface area contributed by atoms with Gasteiger partial charge in [0.1, 0.15) is 0 Å². The van der Waals surface area contributed by atoms with E-state index in [9.17, 15) is 4.79 Å². The molecule has 23 heavy (non-hydrogen) atoms. The van der Waals surface area contributed by atoms with Crippen molar-refractivity contribution in [1.82, 2.24) is 10.6 Å². The molecule has 1 aromatic rings. The highest BCUT2D eigenvalue weighted by Crippen LogP contribution is 2.48. The summed E-state index contributed by atoms with van der Waals surface area (Å²) < 4.78 is 0. The molecule has 0 bridgehead atoms. The van der Waals surface area contributed by atoms with Crippen LogP contribution in [0, 0.1) is 12.8 Å². The Kier molecular flexibility index (Phi) is 4.04. The molecule has 2 aliphatic rings. The molecule has 1 amide bonds. The zero-order valence-electron chi connectivity index (χ0n) is 15.1. The Balaban J connectivity index is 1.62. The third-order valence-electron chi connectivity index (χ3n) is 5.25. The lowest BCUT2D eigenvalue weighted by Crippen LogP contribution is -2.62. The van der Waals surface area contributed by atoms with Gasteiger partial charge in [0, 0.05) is 23.0 Å². The van der Waals surface area contributed by atoms with Gasteiger partial charge in [0.05, 0.1) is 0 Å². The number of piperidine rings is 1. The molecule has 1 saturated carbocycles. The highest BCUT2D eigenvalue weighted by molar-refractivity contribution is 5.83. The number of nitrogens with one attached hydrogen (secondary N) is 2. The van der Waals surface area contributed by atoms with Crippen molar-refractivity contribution in [3.05, 3.63) is 35.4 Å². The molecule has 126 valence electrons. The Bertz CT molecular complexity index is 589. The minimum atomic E-state index is 0.0681. The first-order valence-corrected chi connectivity index (χ1v) is 8.82. The van der Waals surface area contributed by atoms with Crippen molar-refractivity contribution in [2.45, 2.75) is 76.9 Å². The zero-order valence-corrected chi connectivity index (χ0v) is 15.1. The number of amides is 1. The number of benzene rings is 1. The molecule has 1 heterocycles. The maximum atomic E-state index is 12.7. The van der Waals surface area contributed by atoms with Crippen LogP contribution in [-0.2, 0) is 4.79 Å². The van der Waals surface area contributed by atoms with Crippen molar-refractivity contribution in [2.24, 2.45) is 5.92 Å². The van der Waals surface area contributed by atoms with E-state index in [-0.39, 0.29) is 28.9 Å². The fourth-order valence-corrected chi connectivity index (χ4v) is 4.56. The number of carbonyl (C=O) groups is 1. The number of carbonyl (C=O) groups excluding carboxylic acids is 1. The standard InChI is InChI=1S/C20H30N2O/c1-13-8-6-7-9-15(13)16-10-17(16)18(23)21-14-11-19(2,3)22-20(4,5)12-14/h6-9,14,16-17,22H,10-12H2,1-5H3,(H,21,23)/t16-,17+/m0/s1. The Hall–Kier alpha value is -1.35. The van der Waals surface area contributed by atoms with E-state index in [4.69, 9.17) is 0 Å². The Labute approximate surface area is 140 Å². The predicted molar refractivity (Wildman–Crippen MR) is 94.5 cm³/mol. The van der Waals surface area contributed by atoms with Gasteiger partial charge in [-0.1, -0.05) is 24.3 Å². The van der Waals surface area contributed by atoms with E-state index in [2.05, 4.69) is 69.5 Å². The lowest BCUT2D eigenvalue weighted by atomic mass is 9.79. The molecular weight excluding hydrogens is 284 g/mol. The van der Waals surface area contributed by atoms with Gasteiger partial charge in [-0.25, -0.2) is 0 Å². The zero-order chi connectivity index (χ0) is 16.8. The molecule has 3 nitrogen and oxygen atoms in total. The predicted octanol–water partition coefficient (Wildman–Crippen LogP) is 3.52. The lowest BCUT2D eigenvalue weighted by Gasteiger charge is -2.46. The number of hydrogen-bond acceptors (Lipinski definition) is 2. The molecule has 1 aliphatic heterocycles. The molecule has 0 unspecified atom stereocenters. The third-order valence-corrected chi connectivity index (χ3v) is 5.25. The average Bonchev–Trinajstić information content (AvgIpc) is 3.15. The Morgan fingerprint density at radius 2 is 1.74 bits per heavy atom. The van der Waals surface area contributed by atoms with E-state index in [1.807, 2.05) is 0 Å². The van der Waals surface area contributed by atoms with Crippen molar-refractivity contribution < 1.29 is 4.79 Å². The van der Waals surface area contributed by atoms with Crippen LogP contribution in [0.1, 0.15) is 64.0 Å². The number of aryl methyl sites for hydroxylation is 1. The molecule has 2 atom stereocenters. The third kappa shape index (κ3) is 3.77. The summed E-state index contributed by atoms with van der Waals surface area (Å²) in [6.07, 6.45) is 2.97. The maximum absolute atomic E-state index is 12.7. The molecule has 1 aliphatic carbocycles. The van der Waals surface area contributed by atoms with Crippen molar-refractivity contribution in [2.75, 3.05) is 0 Å². The maximum Gasteiger partial charge on any atom is 0.223 e. The van der Waals surface area contributed by atoms with E-state index in [1.54, 1.807) is 0 Å². The van der Waals surface area contributed by atoms with Gasteiger partial charge in [0.2, 0.25) is 5.91 Å². The fourth-order valence-electron chi connectivity index (χ4n) is 4.56.